The summed E-state index contributed by atoms with van der Waals surface area (Å²) in [4.78, 5) is 41.1. The maximum atomic E-state index is 12.8. The number of hydrogen-bond donors (Lipinski definition) is 2. The molecule has 7 nitrogen and oxygen atoms in total. The van der Waals surface area contributed by atoms with Gasteiger partial charge in [0.15, 0.2) is 0 Å². The molecule has 0 aromatic heterocycles. The van der Waals surface area contributed by atoms with E-state index >= 15 is 0 Å². The lowest BCUT2D eigenvalue weighted by atomic mass is 10.1. The zero-order valence-corrected chi connectivity index (χ0v) is 18.5. The van der Waals surface area contributed by atoms with Gasteiger partial charge in [-0.1, -0.05) is 25.1 Å². The molecule has 1 aliphatic heterocycles. The summed E-state index contributed by atoms with van der Waals surface area (Å²) in [5.74, 6) is 0.152. The SMILES string of the molecule is CCc1ccccc1NC(=O)CN1CCN(C(=O)c2ccc(NC(=O)C3CC3)cc2)CC1. The highest BCUT2D eigenvalue weighted by Gasteiger charge is 2.29. The molecule has 2 fully saturated rings. The lowest BCUT2D eigenvalue weighted by Crippen LogP contribution is -2.50. The second kappa shape index (κ2) is 9.96. The molecule has 0 unspecified atom stereocenters. The van der Waals surface area contributed by atoms with E-state index in [0.717, 1.165) is 36.2 Å². The van der Waals surface area contributed by atoms with Crippen molar-refractivity contribution >= 4 is 29.1 Å². The third kappa shape index (κ3) is 5.53. The minimum absolute atomic E-state index is 0.0222. The molecule has 1 saturated heterocycles. The fourth-order valence-corrected chi connectivity index (χ4v) is 3.92. The molecule has 2 aromatic carbocycles. The van der Waals surface area contributed by atoms with Crippen LogP contribution in [-0.4, -0.2) is 60.2 Å². The summed E-state index contributed by atoms with van der Waals surface area (Å²) in [5.41, 5.74) is 3.32. The third-order valence-electron chi connectivity index (χ3n) is 6.05. The van der Waals surface area contributed by atoms with Gasteiger partial charge in [-0.25, -0.2) is 0 Å². The summed E-state index contributed by atoms with van der Waals surface area (Å²) in [6.45, 7) is 4.86. The molecule has 4 rings (SSSR count). The highest BCUT2D eigenvalue weighted by atomic mass is 16.2. The van der Waals surface area contributed by atoms with Gasteiger partial charge in [-0.2, -0.15) is 0 Å². The molecule has 2 aromatic rings. The molecular weight excluding hydrogens is 404 g/mol. The van der Waals surface area contributed by atoms with Gasteiger partial charge < -0.3 is 15.5 Å². The Hall–Kier alpha value is -3.19. The number of para-hydroxylation sites is 1. The standard InChI is InChI=1S/C25H30N4O3/c1-2-18-5-3-4-6-22(18)27-23(30)17-28-13-15-29(16-14-28)25(32)20-9-11-21(12-10-20)26-24(31)19-7-8-19/h3-6,9-12,19H,2,7-8,13-17H2,1H3,(H,26,31)(H,27,30). The zero-order chi connectivity index (χ0) is 22.5. The molecule has 7 heteroatoms. The van der Waals surface area contributed by atoms with Crippen LogP contribution in [0.1, 0.15) is 35.7 Å². The lowest BCUT2D eigenvalue weighted by molar-refractivity contribution is -0.118. The fraction of sp³-hybridized carbons (Fsp3) is 0.400. The number of rotatable bonds is 7. The van der Waals surface area contributed by atoms with Crippen LogP contribution in [0.25, 0.3) is 0 Å². The van der Waals surface area contributed by atoms with E-state index in [2.05, 4.69) is 22.5 Å². The van der Waals surface area contributed by atoms with Crippen LogP contribution in [0.15, 0.2) is 48.5 Å². The minimum atomic E-state index is -0.0329. The maximum absolute atomic E-state index is 12.8. The Morgan fingerprint density at radius 2 is 1.59 bits per heavy atom. The van der Waals surface area contributed by atoms with Gasteiger partial charge in [0.05, 0.1) is 6.54 Å². The Labute approximate surface area is 188 Å². The van der Waals surface area contributed by atoms with Gasteiger partial charge in [0, 0.05) is 49.0 Å². The summed E-state index contributed by atoms with van der Waals surface area (Å²) in [6.07, 6.45) is 2.79. The van der Waals surface area contributed by atoms with Crippen LogP contribution in [-0.2, 0) is 16.0 Å². The van der Waals surface area contributed by atoms with Crippen LogP contribution in [0.4, 0.5) is 11.4 Å². The van der Waals surface area contributed by atoms with Crippen LogP contribution in [0.3, 0.4) is 0 Å². The molecule has 2 aliphatic rings. The number of anilines is 2. The van der Waals surface area contributed by atoms with Crippen LogP contribution < -0.4 is 10.6 Å². The molecule has 0 atom stereocenters. The number of amides is 3. The Morgan fingerprint density at radius 1 is 0.906 bits per heavy atom. The van der Waals surface area contributed by atoms with Crippen molar-refractivity contribution in [2.24, 2.45) is 5.92 Å². The van der Waals surface area contributed by atoms with Gasteiger partial charge in [-0.15, -0.1) is 0 Å². The first-order valence-electron chi connectivity index (χ1n) is 11.3. The summed E-state index contributed by atoms with van der Waals surface area (Å²) >= 11 is 0. The number of piperazine rings is 1. The van der Waals surface area contributed by atoms with Gasteiger partial charge in [-0.3, -0.25) is 19.3 Å². The van der Waals surface area contributed by atoms with E-state index in [1.165, 1.54) is 0 Å². The highest BCUT2D eigenvalue weighted by Crippen LogP contribution is 2.30. The summed E-state index contributed by atoms with van der Waals surface area (Å²) < 4.78 is 0. The monoisotopic (exact) mass is 434 g/mol. The summed E-state index contributed by atoms with van der Waals surface area (Å²) in [6, 6.07) is 14.9. The second-order valence-corrected chi connectivity index (χ2v) is 8.47. The Kier molecular flexibility index (Phi) is 6.85. The van der Waals surface area contributed by atoms with Gasteiger partial charge >= 0.3 is 0 Å². The predicted molar refractivity (Wildman–Crippen MR) is 125 cm³/mol. The van der Waals surface area contributed by atoms with Gasteiger partial charge in [0.25, 0.3) is 5.91 Å². The number of hydrogen-bond acceptors (Lipinski definition) is 4. The molecule has 3 amide bonds. The molecule has 32 heavy (non-hydrogen) atoms. The van der Waals surface area contributed by atoms with E-state index in [4.69, 9.17) is 0 Å². The van der Waals surface area contributed by atoms with E-state index in [1.807, 2.05) is 29.2 Å². The first-order chi connectivity index (χ1) is 15.5. The number of carbonyl (C=O) groups excluding carboxylic acids is 3. The summed E-state index contributed by atoms with van der Waals surface area (Å²) in [5, 5.41) is 5.90. The summed E-state index contributed by atoms with van der Waals surface area (Å²) in [7, 11) is 0. The van der Waals surface area contributed by atoms with Crippen molar-refractivity contribution in [3.63, 3.8) is 0 Å². The van der Waals surface area contributed by atoms with E-state index in [-0.39, 0.29) is 23.6 Å². The predicted octanol–water partition coefficient (Wildman–Crippen LogP) is 2.99. The Bertz CT molecular complexity index is 977. The van der Waals surface area contributed by atoms with E-state index in [0.29, 0.717) is 38.3 Å². The molecule has 1 aliphatic carbocycles. The van der Waals surface area contributed by atoms with Crippen molar-refractivity contribution < 1.29 is 14.4 Å². The first kappa shape index (κ1) is 22.0. The second-order valence-electron chi connectivity index (χ2n) is 8.47. The minimum Gasteiger partial charge on any atom is -0.336 e. The van der Waals surface area contributed by atoms with Crippen LogP contribution >= 0.6 is 0 Å². The maximum Gasteiger partial charge on any atom is 0.253 e. The normalized spacial score (nSPS) is 16.5. The zero-order valence-electron chi connectivity index (χ0n) is 18.5. The lowest BCUT2D eigenvalue weighted by Gasteiger charge is -2.34. The molecule has 2 N–H and O–H groups in total. The highest BCUT2D eigenvalue weighted by molar-refractivity contribution is 5.97. The molecule has 0 bridgehead atoms. The fourth-order valence-electron chi connectivity index (χ4n) is 3.92. The number of nitrogens with one attached hydrogen (secondary N) is 2. The molecule has 1 saturated carbocycles. The molecule has 168 valence electrons. The third-order valence-corrected chi connectivity index (χ3v) is 6.05. The molecule has 0 spiro atoms. The van der Waals surface area contributed by atoms with Gasteiger partial charge in [0.1, 0.15) is 0 Å². The van der Waals surface area contributed by atoms with Crippen LogP contribution in [0.2, 0.25) is 0 Å². The average molecular weight is 435 g/mol. The first-order valence-corrected chi connectivity index (χ1v) is 11.3. The number of benzene rings is 2. The van der Waals surface area contributed by atoms with Crippen molar-refractivity contribution in [1.29, 1.82) is 0 Å². The molecule has 1 heterocycles. The molecular formula is C25H30N4O3. The van der Waals surface area contributed by atoms with Gasteiger partial charge in [-0.05, 0) is 55.2 Å². The van der Waals surface area contributed by atoms with Crippen molar-refractivity contribution in [1.82, 2.24) is 9.80 Å². The topological polar surface area (TPSA) is 81.8 Å². The van der Waals surface area contributed by atoms with E-state index < -0.39 is 0 Å². The van der Waals surface area contributed by atoms with Gasteiger partial charge in [0.2, 0.25) is 11.8 Å². The van der Waals surface area contributed by atoms with Crippen molar-refractivity contribution in [2.45, 2.75) is 26.2 Å². The number of carbonyl (C=O) groups is 3. The average Bonchev–Trinajstić information content (AvgIpc) is 3.66. The van der Waals surface area contributed by atoms with Crippen LogP contribution in [0, 0.1) is 5.92 Å². The number of nitrogens with zero attached hydrogens (tertiary/aromatic N) is 2. The number of aryl methyl sites for hydroxylation is 1. The van der Waals surface area contributed by atoms with E-state index in [9.17, 15) is 14.4 Å². The quantitative estimate of drug-likeness (QED) is 0.702. The van der Waals surface area contributed by atoms with Crippen LogP contribution in [0.5, 0.6) is 0 Å². The smallest absolute Gasteiger partial charge is 0.253 e. The van der Waals surface area contributed by atoms with Crippen molar-refractivity contribution in [2.75, 3.05) is 43.4 Å². The van der Waals surface area contributed by atoms with Crippen molar-refractivity contribution in [3.8, 4) is 0 Å². The largest absolute Gasteiger partial charge is 0.336 e. The molecule has 0 radical (unpaired) electrons. The Morgan fingerprint density at radius 3 is 2.25 bits per heavy atom. The Balaban J connectivity index is 1.24. The van der Waals surface area contributed by atoms with E-state index in [1.54, 1.807) is 24.3 Å². The van der Waals surface area contributed by atoms with Crippen molar-refractivity contribution in [3.05, 3.63) is 59.7 Å².